The van der Waals surface area contributed by atoms with E-state index in [1.165, 1.54) is 0 Å². The zero-order chi connectivity index (χ0) is 11.5. The lowest BCUT2D eigenvalue weighted by Gasteiger charge is -2.11. The van der Waals surface area contributed by atoms with Gasteiger partial charge in [-0.05, 0) is 25.5 Å². The number of hydrogen-bond acceptors (Lipinski definition) is 4. The van der Waals surface area contributed by atoms with Crippen LogP contribution in [-0.4, -0.2) is 42.0 Å². The zero-order valence-corrected chi connectivity index (χ0v) is 10.8. The van der Waals surface area contributed by atoms with Crippen LogP contribution >= 0.6 is 11.8 Å². The highest BCUT2D eigenvalue weighted by molar-refractivity contribution is 7.99. The number of aliphatic hydroxyl groups excluding tert-OH is 1. The van der Waals surface area contributed by atoms with Gasteiger partial charge in [0.25, 0.3) is 0 Å². The third kappa shape index (κ3) is 12.2. The Morgan fingerprint density at radius 3 is 2.80 bits per heavy atom. The normalized spacial score (nSPS) is 15.2. The summed E-state index contributed by atoms with van der Waals surface area (Å²) in [7, 11) is 0. The molecule has 0 saturated carbocycles. The topological polar surface area (TPSA) is 55.5 Å². The van der Waals surface area contributed by atoms with Crippen LogP contribution in [0.4, 0.5) is 0 Å². The molecule has 0 aliphatic rings. The van der Waals surface area contributed by atoms with E-state index < -0.39 is 0 Å². The highest BCUT2D eigenvalue weighted by Gasteiger charge is 2.04. The van der Waals surface area contributed by atoms with Crippen LogP contribution in [-0.2, 0) is 4.74 Å². The number of thioether (sulfide) groups is 1. The molecule has 2 unspecified atom stereocenters. The van der Waals surface area contributed by atoms with Gasteiger partial charge < -0.3 is 15.6 Å². The van der Waals surface area contributed by atoms with Crippen molar-refractivity contribution >= 4 is 11.8 Å². The van der Waals surface area contributed by atoms with E-state index in [0.29, 0.717) is 6.61 Å². The molecule has 3 N–H and O–H groups in total. The molecule has 4 heteroatoms. The summed E-state index contributed by atoms with van der Waals surface area (Å²) < 4.78 is 5.33. The van der Waals surface area contributed by atoms with Gasteiger partial charge in [0.1, 0.15) is 0 Å². The van der Waals surface area contributed by atoms with Crippen LogP contribution in [0.5, 0.6) is 0 Å². The standard InChI is InChI=1S/C11H25NO2S/c1-3-4-6-14-8-11(13)9-15-7-5-10(2)12/h10-11,13H,3-9,12H2,1-2H3. The van der Waals surface area contributed by atoms with Crippen LogP contribution in [0.3, 0.4) is 0 Å². The molecule has 0 amide bonds. The molecule has 0 aromatic carbocycles. The zero-order valence-electron chi connectivity index (χ0n) is 9.95. The Bertz CT molecular complexity index is 134. The van der Waals surface area contributed by atoms with Gasteiger partial charge in [-0.1, -0.05) is 13.3 Å². The van der Waals surface area contributed by atoms with Gasteiger partial charge in [-0.3, -0.25) is 0 Å². The van der Waals surface area contributed by atoms with Crippen molar-refractivity contribution in [3.05, 3.63) is 0 Å². The van der Waals surface area contributed by atoms with Gasteiger partial charge in [0.15, 0.2) is 0 Å². The first-order chi connectivity index (χ1) is 7.16. The summed E-state index contributed by atoms with van der Waals surface area (Å²) in [6, 6.07) is 0.260. The first-order valence-corrected chi connectivity index (χ1v) is 6.91. The maximum atomic E-state index is 9.54. The molecule has 0 bridgehead atoms. The lowest BCUT2D eigenvalue weighted by atomic mass is 10.3. The molecule has 0 aliphatic carbocycles. The van der Waals surface area contributed by atoms with Crippen molar-refractivity contribution in [2.75, 3.05) is 24.7 Å². The summed E-state index contributed by atoms with van der Waals surface area (Å²) >= 11 is 1.74. The number of rotatable bonds is 10. The summed E-state index contributed by atoms with van der Waals surface area (Å²) in [5, 5.41) is 9.54. The third-order valence-corrected chi connectivity index (χ3v) is 3.13. The van der Waals surface area contributed by atoms with Gasteiger partial charge in [-0.2, -0.15) is 11.8 Å². The SMILES string of the molecule is CCCCOCC(O)CSCCC(C)N. The second-order valence-corrected chi connectivity index (χ2v) is 5.07. The van der Waals surface area contributed by atoms with E-state index in [1.54, 1.807) is 11.8 Å². The Hall–Kier alpha value is 0.230. The summed E-state index contributed by atoms with van der Waals surface area (Å²) in [5.41, 5.74) is 5.62. The highest BCUT2D eigenvalue weighted by atomic mass is 32.2. The molecule has 0 aliphatic heterocycles. The van der Waals surface area contributed by atoms with Crippen LogP contribution in [0.1, 0.15) is 33.1 Å². The largest absolute Gasteiger partial charge is 0.390 e. The third-order valence-electron chi connectivity index (χ3n) is 1.98. The van der Waals surface area contributed by atoms with Crippen molar-refractivity contribution in [1.29, 1.82) is 0 Å². The van der Waals surface area contributed by atoms with E-state index >= 15 is 0 Å². The number of aliphatic hydroxyl groups is 1. The molecule has 0 heterocycles. The van der Waals surface area contributed by atoms with Crippen LogP contribution in [0.25, 0.3) is 0 Å². The second kappa shape index (κ2) is 10.7. The Kier molecular flexibility index (Phi) is 10.9. The minimum Gasteiger partial charge on any atom is -0.390 e. The maximum absolute atomic E-state index is 9.54. The second-order valence-electron chi connectivity index (χ2n) is 3.92. The Morgan fingerprint density at radius 2 is 2.20 bits per heavy atom. The highest BCUT2D eigenvalue weighted by Crippen LogP contribution is 2.06. The Labute approximate surface area is 97.8 Å². The molecule has 0 aromatic rings. The summed E-state index contributed by atoms with van der Waals surface area (Å²) in [6.07, 6.45) is 2.89. The molecule has 2 atom stereocenters. The quantitative estimate of drug-likeness (QED) is 0.565. The number of ether oxygens (including phenoxy) is 1. The summed E-state index contributed by atoms with van der Waals surface area (Å²) in [4.78, 5) is 0. The molecule has 0 saturated heterocycles. The van der Waals surface area contributed by atoms with Gasteiger partial charge >= 0.3 is 0 Å². The minimum absolute atomic E-state index is 0.260. The number of unbranched alkanes of at least 4 members (excludes halogenated alkanes) is 1. The van der Waals surface area contributed by atoms with Gasteiger partial charge in [-0.15, -0.1) is 0 Å². The molecule has 3 nitrogen and oxygen atoms in total. The summed E-state index contributed by atoms with van der Waals surface area (Å²) in [5.74, 6) is 1.77. The van der Waals surface area contributed by atoms with Crippen LogP contribution < -0.4 is 5.73 Å². The van der Waals surface area contributed by atoms with Crippen molar-refractivity contribution in [2.45, 2.75) is 45.3 Å². The van der Waals surface area contributed by atoms with Crippen LogP contribution in [0.2, 0.25) is 0 Å². The molecular formula is C11H25NO2S. The molecule has 92 valence electrons. The van der Waals surface area contributed by atoms with Gasteiger partial charge in [-0.25, -0.2) is 0 Å². The Balaban J connectivity index is 3.15. The van der Waals surface area contributed by atoms with Crippen LogP contribution in [0.15, 0.2) is 0 Å². The van der Waals surface area contributed by atoms with Crippen molar-refractivity contribution in [3.63, 3.8) is 0 Å². The molecule has 0 radical (unpaired) electrons. The number of nitrogens with two attached hydrogens (primary N) is 1. The van der Waals surface area contributed by atoms with Crippen molar-refractivity contribution in [2.24, 2.45) is 5.73 Å². The van der Waals surface area contributed by atoms with E-state index in [9.17, 15) is 5.11 Å². The smallest absolute Gasteiger partial charge is 0.0863 e. The van der Waals surface area contributed by atoms with E-state index in [1.807, 2.05) is 6.92 Å². The van der Waals surface area contributed by atoms with Crippen LogP contribution in [0, 0.1) is 0 Å². The molecule has 0 spiro atoms. The van der Waals surface area contributed by atoms with E-state index in [2.05, 4.69) is 6.92 Å². The van der Waals surface area contributed by atoms with Crippen molar-refractivity contribution < 1.29 is 9.84 Å². The molecular weight excluding hydrogens is 210 g/mol. The van der Waals surface area contributed by atoms with E-state index in [4.69, 9.17) is 10.5 Å². The minimum atomic E-state index is -0.333. The van der Waals surface area contributed by atoms with Crippen molar-refractivity contribution in [3.8, 4) is 0 Å². The monoisotopic (exact) mass is 235 g/mol. The van der Waals surface area contributed by atoms with Crippen molar-refractivity contribution in [1.82, 2.24) is 0 Å². The van der Waals surface area contributed by atoms with Gasteiger partial charge in [0.05, 0.1) is 12.7 Å². The molecule has 15 heavy (non-hydrogen) atoms. The summed E-state index contributed by atoms with van der Waals surface area (Å²) in [6.45, 7) is 5.36. The average Bonchev–Trinajstić information content (AvgIpc) is 2.19. The fraction of sp³-hybridized carbons (Fsp3) is 1.00. The predicted molar refractivity (Wildman–Crippen MR) is 67.3 cm³/mol. The van der Waals surface area contributed by atoms with Gasteiger partial charge in [0.2, 0.25) is 0 Å². The lowest BCUT2D eigenvalue weighted by Crippen LogP contribution is -2.20. The first kappa shape index (κ1) is 15.2. The lowest BCUT2D eigenvalue weighted by molar-refractivity contribution is 0.0473. The molecule has 0 rings (SSSR count). The number of hydrogen-bond donors (Lipinski definition) is 2. The molecule has 0 fully saturated rings. The average molecular weight is 235 g/mol. The fourth-order valence-electron chi connectivity index (χ4n) is 1.00. The molecule has 0 aromatic heterocycles. The van der Waals surface area contributed by atoms with Gasteiger partial charge in [0, 0.05) is 18.4 Å². The van der Waals surface area contributed by atoms with E-state index in [-0.39, 0.29) is 12.1 Å². The van der Waals surface area contributed by atoms with E-state index in [0.717, 1.165) is 37.4 Å². The maximum Gasteiger partial charge on any atom is 0.0863 e. The first-order valence-electron chi connectivity index (χ1n) is 5.76. The fourth-order valence-corrected chi connectivity index (χ4v) is 2.08. The Morgan fingerprint density at radius 1 is 1.47 bits per heavy atom. The predicted octanol–water partition coefficient (Wildman–Crippen LogP) is 1.63.